The summed E-state index contributed by atoms with van der Waals surface area (Å²) in [6, 6.07) is 0. The van der Waals surface area contributed by atoms with Crippen LogP contribution in [-0.2, 0) is 0 Å². The zero-order valence-corrected chi connectivity index (χ0v) is 8.84. The highest BCUT2D eigenvalue weighted by atomic mass is 32.2. The molecule has 0 amide bonds. The third kappa shape index (κ3) is 5.57. The summed E-state index contributed by atoms with van der Waals surface area (Å²) in [5.74, 6) is 1.25. The number of piperidine rings is 1. The second kappa shape index (κ2) is 8.41. The minimum Gasteiger partial charge on any atom is -0.305 e. The fraction of sp³-hybridized carbons (Fsp3) is 1.00. The summed E-state index contributed by atoms with van der Waals surface area (Å²) in [4.78, 5) is 0. The van der Waals surface area contributed by atoms with Crippen LogP contribution in [0.25, 0.3) is 0 Å². The molecule has 1 atom stereocenters. The predicted molar refractivity (Wildman–Crippen MR) is 55.1 cm³/mol. The normalized spacial score (nSPS) is 23.7. The van der Waals surface area contributed by atoms with Crippen molar-refractivity contribution in [3.8, 4) is 0 Å². The quantitative estimate of drug-likeness (QED) is 0.692. The first-order valence-corrected chi connectivity index (χ1v) is 5.83. The summed E-state index contributed by atoms with van der Waals surface area (Å²) in [6.07, 6.45) is 4.17. The van der Waals surface area contributed by atoms with Crippen molar-refractivity contribution in [2.45, 2.75) is 45.4 Å². The van der Waals surface area contributed by atoms with E-state index in [0.29, 0.717) is 0 Å². The van der Waals surface area contributed by atoms with E-state index < -0.39 is 0 Å². The summed E-state index contributed by atoms with van der Waals surface area (Å²) < 4.78 is 0. The molecule has 1 fully saturated rings. The largest absolute Gasteiger partial charge is 0.305 e. The Balaban J connectivity index is 0.000000461. The first-order valence-electron chi connectivity index (χ1n) is 4.78. The molecule has 1 aliphatic rings. The highest BCUT2D eigenvalue weighted by Crippen LogP contribution is 2.17. The molecule has 0 bridgehead atoms. The van der Waals surface area contributed by atoms with Gasteiger partial charge in [-0.05, 0) is 31.6 Å². The zero-order valence-electron chi connectivity index (χ0n) is 8.02. The lowest BCUT2D eigenvalue weighted by molar-refractivity contribution is 0.492. The van der Waals surface area contributed by atoms with Crippen LogP contribution in [0.3, 0.4) is 0 Å². The molecule has 0 aromatic heterocycles. The van der Waals surface area contributed by atoms with E-state index in [-0.39, 0.29) is 0 Å². The predicted octanol–water partition coefficient (Wildman–Crippen LogP) is 2.87. The molecule has 0 aliphatic carbocycles. The molecule has 2 heteroatoms. The smallest absolute Gasteiger partial charge is 0.0532 e. The van der Waals surface area contributed by atoms with Gasteiger partial charge in [-0.1, -0.05) is 20.8 Å². The second-order valence-corrected chi connectivity index (χ2v) is 3.87. The minimum absolute atomic E-state index is 0.767. The van der Waals surface area contributed by atoms with Gasteiger partial charge in [-0.15, -0.1) is 11.8 Å². The first-order chi connectivity index (χ1) is 5.43. The van der Waals surface area contributed by atoms with E-state index in [4.69, 9.17) is 0 Å². The monoisotopic (exact) mass is 175 g/mol. The van der Waals surface area contributed by atoms with Gasteiger partial charge in [0.1, 0.15) is 0 Å². The molecule has 1 nitrogen and oxygen atoms in total. The summed E-state index contributed by atoms with van der Waals surface area (Å²) in [7, 11) is 0. The van der Waals surface area contributed by atoms with Crippen LogP contribution in [0.2, 0.25) is 0 Å². The second-order valence-electron chi connectivity index (χ2n) is 2.39. The SMILES string of the molecule is CC.CCSC1CCCCN1. The Hall–Kier alpha value is 0.310. The van der Waals surface area contributed by atoms with Crippen molar-refractivity contribution < 1.29 is 0 Å². The van der Waals surface area contributed by atoms with Crippen molar-refractivity contribution in [2.24, 2.45) is 0 Å². The van der Waals surface area contributed by atoms with Gasteiger partial charge in [0, 0.05) is 0 Å². The average molecular weight is 175 g/mol. The van der Waals surface area contributed by atoms with Gasteiger partial charge < -0.3 is 5.32 Å². The van der Waals surface area contributed by atoms with E-state index >= 15 is 0 Å². The summed E-state index contributed by atoms with van der Waals surface area (Å²) in [5, 5.41) is 4.25. The highest BCUT2D eigenvalue weighted by molar-refractivity contribution is 7.99. The van der Waals surface area contributed by atoms with Gasteiger partial charge in [-0.25, -0.2) is 0 Å². The van der Waals surface area contributed by atoms with Crippen LogP contribution in [0.5, 0.6) is 0 Å². The Morgan fingerprint density at radius 3 is 2.55 bits per heavy atom. The van der Waals surface area contributed by atoms with E-state index in [2.05, 4.69) is 12.2 Å². The molecule has 1 unspecified atom stereocenters. The molecule has 11 heavy (non-hydrogen) atoms. The molecule has 68 valence electrons. The van der Waals surface area contributed by atoms with Crippen molar-refractivity contribution in [1.82, 2.24) is 5.32 Å². The molecular weight excluding hydrogens is 154 g/mol. The summed E-state index contributed by atoms with van der Waals surface area (Å²) in [5.41, 5.74) is 0. The van der Waals surface area contributed by atoms with Crippen molar-refractivity contribution >= 4 is 11.8 Å². The van der Waals surface area contributed by atoms with E-state index in [1.807, 2.05) is 25.6 Å². The average Bonchev–Trinajstić information content (AvgIpc) is 2.11. The third-order valence-electron chi connectivity index (χ3n) is 1.63. The fourth-order valence-corrected chi connectivity index (χ4v) is 2.13. The van der Waals surface area contributed by atoms with E-state index in [9.17, 15) is 0 Å². The maximum atomic E-state index is 3.48. The van der Waals surface area contributed by atoms with Gasteiger partial charge in [0.25, 0.3) is 0 Å². The zero-order chi connectivity index (χ0) is 8.53. The topological polar surface area (TPSA) is 12.0 Å². The number of hydrogen-bond donors (Lipinski definition) is 1. The van der Waals surface area contributed by atoms with E-state index in [1.54, 1.807) is 0 Å². The van der Waals surface area contributed by atoms with Crippen molar-refractivity contribution in [1.29, 1.82) is 0 Å². The van der Waals surface area contributed by atoms with E-state index in [1.165, 1.54) is 31.6 Å². The molecule has 1 saturated heterocycles. The molecule has 0 aromatic rings. The molecule has 0 saturated carbocycles. The van der Waals surface area contributed by atoms with Gasteiger partial charge in [-0.2, -0.15) is 0 Å². The molecule has 1 rings (SSSR count). The first kappa shape index (κ1) is 11.3. The Morgan fingerprint density at radius 1 is 1.36 bits per heavy atom. The molecule has 0 radical (unpaired) electrons. The van der Waals surface area contributed by atoms with Crippen molar-refractivity contribution in [3.63, 3.8) is 0 Å². The Bertz CT molecular complexity index is 67.2. The minimum atomic E-state index is 0.767. The maximum absolute atomic E-state index is 3.48. The number of thioether (sulfide) groups is 1. The van der Waals surface area contributed by atoms with Crippen molar-refractivity contribution in [3.05, 3.63) is 0 Å². The number of nitrogens with one attached hydrogen (secondary N) is 1. The van der Waals surface area contributed by atoms with Crippen LogP contribution in [0.4, 0.5) is 0 Å². The van der Waals surface area contributed by atoms with Crippen LogP contribution in [0.1, 0.15) is 40.0 Å². The molecule has 1 N–H and O–H groups in total. The lowest BCUT2D eigenvalue weighted by atomic mass is 10.2. The van der Waals surface area contributed by atoms with Crippen LogP contribution in [0.15, 0.2) is 0 Å². The molecule has 1 aliphatic heterocycles. The lowest BCUT2D eigenvalue weighted by Crippen LogP contribution is -2.31. The standard InChI is InChI=1S/C7H15NS.C2H6/c1-2-9-7-5-3-4-6-8-7;1-2/h7-8H,2-6H2,1H3;1-2H3. The molecular formula is C9H21NS. The Labute approximate surface area is 75.3 Å². The Morgan fingerprint density at radius 2 is 2.09 bits per heavy atom. The Kier molecular flexibility index (Phi) is 8.64. The van der Waals surface area contributed by atoms with Gasteiger partial charge in [0.15, 0.2) is 0 Å². The summed E-state index contributed by atoms with van der Waals surface area (Å²) >= 11 is 2.04. The van der Waals surface area contributed by atoms with Crippen molar-refractivity contribution in [2.75, 3.05) is 12.3 Å². The fourth-order valence-electron chi connectivity index (χ4n) is 1.16. The third-order valence-corrected chi connectivity index (χ3v) is 2.77. The van der Waals surface area contributed by atoms with Crippen LogP contribution < -0.4 is 5.32 Å². The van der Waals surface area contributed by atoms with Crippen LogP contribution >= 0.6 is 11.8 Å². The molecule has 0 aromatic carbocycles. The van der Waals surface area contributed by atoms with Gasteiger partial charge in [0.2, 0.25) is 0 Å². The summed E-state index contributed by atoms with van der Waals surface area (Å²) in [6.45, 7) is 7.46. The van der Waals surface area contributed by atoms with Gasteiger partial charge in [-0.3, -0.25) is 0 Å². The molecule has 1 heterocycles. The van der Waals surface area contributed by atoms with Gasteiger partial charge >= 0.3 is 0 Å². The number of hydrogen-bond acceptors (Lipinski definition) is 2. The van der Waals surface area contributed by atoms with Crippen LogP contribution in [-0.4, -0.2) is 17.7 Å². The molecule has 0 spiro atoms. The highest BCUT2D eigenvalue weighted by Gasteiger charge is 2.10. The number of rotatable bonds is 2. The van der Waals surface area contributed by atoms with Crippen LogP contribution in [0, 0.1) is 0 Å². The lowest BCUT2D eigenvalue weighted by Gasteiger charge is -2.21. The maximum Gasteiger partial charge on any atom is 0.0532 e. The van der Waals surface area contributed by atoms with E-state index in [0.717, 1.165) is 5.37 Å². The van der Waals surface area contributed by atoms with Gasteiger partial charge in [0.05, 0.1) is 5.37 Å².